The van der Waals surface area contributed by atoms with Gasteiger partial charge in [0.1, 0.15) is 5.82 Å². The molecule has 3 nitrogen and oxygen atoms in total. The molecule has 0 saturated carbocycles. The lowest BCUT2D eigenvalue weighted by Gasteiger charge is -2.25. The first-order valence-corrected chi connectivity index (χ1v) is 4.83. The summed E-state index contributed by atoms with van der Waals surface area (Å²) in [6.45, 7) is 4.23. The summed E-state index contributed by atoms with van der Waals surface area (Å²) in [5.41, 5.74) is 0.648. The van der Waals surface area contributed by atoms with Gasteiger partial charge in [-0.05, 0) is 25.5 Å². The van der Waals surface area contributed by atoms with Gasteiger partial charge < -0.3 is 4.90 Å². The SMILES string of the molecule is CCC(C)N(C)c1ncccc1C=O. The van der Waals surface area contributed by atoms with Crippen molar-refractivity contribution in [1.82, 2.24) is 4.98 Å². The van der Waals surface area contributed by atoms with Crippen LogP contribution in [0.4, 0.5) is 5.82 Å². The van der Waals surface area contributed by atoms with Crippen LogP contribution in [0.15, 0.2) is 18.3 Å². The number of carbonyl (C=O) groups is 1. The Morgan fingerprint density at radius 3 is 2.93 bits per heavy atom. The molecule has 1 unspecified atom stereocenters. The monoisotopic (exact) mass is 192 g/mol. The van der Waals surface area contributed by atoms with Crippen LogP contribution in [0, 0.1) is 0 Å². The molecule has 0 saturated heterocycles. The van der Waals surface area contributed by atoms with Gasteiger partial charge in [-0.25, -0.2) is 4.98 Å². The third-order valence-corrected chi connectivity index (χ3v) is 2.53. The predicted octanol–water partition coefficient (Wildman–Crippen LogP) is 2.13. The molecule has 1 rings (SSSR count). The highest BCUT2D eigenvalue weighted by atomic mass is 16.1. The van der Waals surface area contributed by atoms with E-state index < -0.39 is 0 Å². The summed E-state index contributed by atoms with van der Waals surface area (Å²) in [6, 6.07) is 3.95. The molecule has 1 atom stereocenters. The summed E-state index contributed by atoms with van der Waals surface area (Å²) in [5.74, 6) is 0.761. The number of aldehydes is 1. The Kier molecular flexibility index (Phi) is 3.63. The minimum atomic E-state index is 0.392. The first kappa shape index (κ1) is 10.7. The van der Waals surface area contributed by atoms with Gasteiger partial charge in [-0.2, -0.15) is 0 Å². The number of aromatic nitrogens is 1. The van der Waals surface area contributed by atoms with E-state index in [1.165, 1.54) is 0 Å². The highest BCUT2D eigenvalue weighted by Crippen LogP contribution is 2.16. The zero-order valence-corrected chi connectivity index (χ0v) is 8.90. The molecule has 0 amide bonds. The second-order valence-corrected chi connectivity index (χ2v) is 3.40. The average Bonchev–Trinajstić information content (AvgIpc) is 2.26. The number of hydrogen-bond donors (Lipinski definition) is 0. The van der Waals surface area contributed by atoms with Crippen LogP contribution >= 0.6 is 0 Å². The summed E-state index contributed by atoms with van der Waals surface area (Å²) in [4.78, 5) is 17.0. The standard InChI is InChI=1S/C11H16N2O/c1-4-9(2)13(3)11-10(8-14)6-5-7-12-11/h5-9H,4H2,1-3H3. The maximum atomic E-state index is 10.8. The van der Waals surface area contributed by atoms with Crippen molar-refractivity contribution in [3.8, 4) is 0 Å². The number of nitrogens with zero attached hydrogens (tertiary/aromatic N) is 2. The Morgan fingerprint density at radius 2 is 2.36 bits per heavy atom. The summed E-state index contributed by atoms with van der Waals surface area (Å²) >= 11 is 0. The number of hydrogen-bond acceptors (Lipinski definition) is 3. The van der Waals surface area contributed by atoms with Crippen LogP contribution in [0.2, 0.25) is 0 Å². The molecule has 0 spiro atoms. The fourth-order valence-corrected chi connectivity index (χ4v) is 1.28. The van der Waals surface area contributed by atoms with E-state index in [-0.39, 0.29) is 0 Å². The minimum Gasteiger partial charge on any atom is -0.356 e. The van der Waals surface area contributed by atoms with Gasteiger partial charge in [0.25, 0.3) is 0 Å². The lowest BCUT2D eigenvalue weighted by molar-refractivity contribution is 0.112. The molecular weight excluding hydrogens is 176 g/mol. The molecule has 3 heteroatoms. The van der Waals surface area contributed by atoms with E-state index in [0.717, 1.165) is 18.5 Å². The number of pyridine rings is 1. The minimum absolute atomic E-state index is 0.392. The Bertz CT molecular complexity index is 312. The number of carbonyl (C=O) groups excluding carboxylic acids is 1. The van der Waals surface area contributed by atoms with Gasteiger partial charge in [-0.15, -0.1) is 0 Å². The molecule has 0 N–H and O–H groups in total. The van der Waals surface area contributed by atoms with Crippen LogP contribution in [-0.2, 0) is 0 Å². The summed E-state index contributed by atoms with van der Waals surface area (Å²) in [6.07, 6.45) is 3.59. The van der Waals surface area contributed by atoms with Crippen molar-refractivity contribution in [2.45, 2.75) is 26.3 Å². The van der Waals surface area contributed by atoms with Gasteiger partial charge in [-0.1, -0.05) is 6.92 Å². The molecule has 1 aromatic heterocycles. The lowest BCUT2D eigenvalue weighted by Crippen LogP contribution is -2.29. The second kappa shape index (κ2) is 4.74. The molecule has 0 aliphatic carbocycles. The topological polar surface area (TPSA) is 33.2 Å². The summed E-state index contributed by atoms with van der Waals surface area (Å²) in [7, 11) is 1.96. The fourth-order valence-electron chi connectivity index (χ4n) is 1.28. The molecule has 14 heavy (non-hydrogen) atoms. The largest absolute Gasteiger partial charge is 0.356 e. The van der Waals surface area contributed by atoms with E-state index in [4.69, 9.17) is 0 Å². The van der Waals surface area contributed by atoms with Crippen molar-refractivity contribution >= 4 is 12.1 Å². The molecule has 0 aliphatic heterocycles. The Hall–Kier alpha value is -1.38. The zero-order valence-electron chi connectivity index (χ0n) is 8.90. The van der Waals surface area contributed by atoms with E-state index in [2.05, 4.69) is 18.8 Å². The molecule has 0 aliphatic rings. The molecule has 0 bridgehead atoms. The average molecular weight is 192 g/mol. The van der Waals surface area contributed by atoms with Crippen molar-refractivity contribution in [3.63, 3.8) is 0 Å². The van der Waals surface area contributed by atoms with E-state index in [0.29, 0.717) is 11.6 Å². The van der Waals surface area contributed by atoms with Crippen LogP contribution in [0.25, 0.3) is 0 Å². The first-order valence-electron chi connectivity index (χ1n) is 4.83. The van der Waals surface area contributed by atoms with Crippen LogP contribution in [0.1, 0.15) is 30.6 Å². The molecule has 0 aromatic carbocycles. The van der Waals surface area contributed by atoms with Crippen LogP contribution in [-0.4, -0.2) is 24.4 Å². The van der Waals surface area contributed by atoms with Gasteiger partial charge in [0, 0.05) is 19.3 Å². The first-order chi connectivity index (χ1) is 6.70. The summed E-state index contributed by atoms with van der Waals surface area (Å²) in [5, 5.41) is 0. The van der Waals surface area contributed by atoms with E-state index in [9.17, 15) is 4.79 Å². The highest BCUT2D eigenvalue weighted by molar-refractivity contribution is 5.82. The third kappa shape index (κ3) is 2.10. The summed E-state index contributed by atoms with van der Waals surface area (Å²) < 4.78 is 0. The normalized spacial score (nSPS) is 12.2. The van der Waals surface area contributed by atoms with Gasteiger partial charge in [0.2, 0.25) is 0 Å². The molecule has 1 heterocycles. The molecule has 0 radical (unpaired) electrons. The van der Waals surface area contributed by atoms with Crippen LogP contribution < -0.4 is 4.90 Å². The van der Waals surface area contributed by atoms with Gasteiger partial charge in [0.05, 0.1) is 5.56 Å². The van der Waals surface area contributed by atoms with Crippen molar-refractivity contribution in [2.24, 2.45) is 0 Å². The van der Waals surface area contributed by atoms with Crippen LogP contribution in [0.3, 0.4) is 0 Å². The number of anilines is 1. The third-order valence-electron chi connectivity index (χ3n) is 2.53. The van der Waals surface area contributed by atoms with Crippen molar-refractivity contribution in [3.05, 3.63) is 23.9 Å². The highest BCUT2D eigenvalue weighted by Gasteiger charge is 2.12. The van der Waals surface area contributed by atoms with E-state index in [1.54, 1.807) is 18.3 Å². The van der Waals surface area contributed by atoms with E-state index >= 15 is 0 Å². The van der Waals surface area contributed by atoms with Gasteiger partial charge in [-0.3, -0.25) is 4.79 Å². The lowest BCUT2D eigenvalue weighted by atomic mass is 10.2. The van der Waals surface area contributed by atoms with Crippen molar-refractivity contribution < 1.29 is 4.79 Å². The van der Waals surface area contributed by atoms with Crippen LogP contribution in [0.5, 0.6) is 0 Å². The second-order valence-electron chi connectivity index (χ2n) is 3.40. The van der Waals surface area contributed by atoms with Gasteiger partial charge in [0.15, 0.2) is 6.29 Å². The molecule has 0 fully saturated rings. The predicted molar refractivity (Wildman–Crippen MR) is 57.8 cm³/mol. The van der Waals surface area contributed by atoms with E-state index in [1.807, 2.05) is 11.9 Å². The Labute approximate surface area is 84.8 Å². The number of rotatable bonds is 4. The fraction of sp³-hybridized carbons (Fsp3) is 0.455. The molecule has 76 valence electrons. The quantitative estimate of drug-likeness (QED) is 0.685. The maximum absolute atomic E-state index is 10.8. The smallest absolute Gasteiger partial charge is 0.153 e. The maximum Gasteiger partial charge on any atom is 0.153 e. The van der Waals surface area contributed by atoms with Crippen molar-refractivity contribution in [1.29, 1.82) is 0 Å². The van der Waals surface area contributed by atoms with Gasteiger partial charge >= 0.3 is 0 Å². The Morgan fingerprint density at radius 1 is 1.64 bits per heavy atom. The molecular formula is C11H16N2O. The zero-order chi connectivity index (χ0) is 10.6. The Balaban J connectivity index is 2.99. The molecule has 1 aromatic rings. The van der Waals surface area contributed by atoms with Crippen molar-refractivity contribution in [2.75, 3.05) is 11.9 Å².